The highest BCUT2D eigenvalue weighted by molar-refractivity contribution is 6.05. The van der Waals surface area contributed by atoms with Crippen LogP contribution in [0, 0.1) is 6.92 Å². The van der Waals surface area contributed by atoms with Gasteiger partial charge in [0.05, 0.1) is 5.69 Å². The first-order valence-electron chi connectivity index (χ1n) is 7.36. The predicted octanol–water partition coefficient (Wildman–Crippen LogP) is 4.02. The number of phenolic OH excluding ortho intramolecular Hbond substituents is 1. The van der Waals surface area contributed by atoms with Gasteiger partial charge in [0.2, 0.25) is 5.82 Å². The molecule has 1 aromatic heterocycles. The third kappa shape index (κ3) is 3.66. The zero-order valence-electron chi connectivity index (χ0n) is 13.3. The molecular formula is C17H12F3N3O3. The van der Waals surface area contributed by atoms with Crippen LogP contribution in [-0.2, 0) is 6.18 Å². The number of amides is 1. The van der Waals surface area contributed by atoms with Crippen molar-refractivity contribution in [2.24, 2.45) is 0 Å². The lowest BCUT2D eigenvalue weighted by molar-refractivity contribution is -0.159. The summed E-state index contributed by atoms with van der Waals surface area (Å²) in [6.45, 7) is 1.81. The molecule has 0 atom stereocenters. The lowest BCUT2D eigenvalue weighted by Gasteiger charge is -2.08. The highest BCUT2D eigenvalue weighted by Gasteiger charge is 2.38. The van der Waals surface area contributed by atoms with Crippen molar-refractivity contribution >= 4 is 11.6 Å². The second kappa shape index (κ2) is 6.51. The normalized spacial score (nSPS) is 11.4. The van der Waals surface area contributed by atoms with Gasteiger partial charge in [0, 0.05) is 11.1 Å². The maximum absolute atomic E-state index is 12.5. The Morgan fingerprint density at radius 2 is 1.85 bits per heavy atom. The SMILES string of the molecule is Cc1ccc(O)c(NC(=O)c2ccc(-c3noc(C(F)(F)F)n3)cc2)c1. The van der Waals surface area contributed by atoms with Crippen molar-refractivity contribution in [1.82, 2.24) is 10.1 Å². The van der Waals surface area contributed by atoms with Gasteiger partial charge in [0.25, 0.3) is 5.91 Å². The summed E-state index contributed by atoms with van der Waals surface area (Å²) >= 11 is 0. The van der Waals surface area contributed by atoms with Gasteiger partial charge in [0.15, 0.2) is 0 Å². The van der Waals surface area contributed by atoms with Crippen LogP contribution in [0.1, 0.15) is 21.8 Å². The van der Waals surface area contributed by atoms with Crippen molar-refractivity contribution in [3.05, 3.63) is 59.5 Å². The smallest absolute Gasteiger partial charge is 0.471 e. The van der Waals surface area contributed by atoms with E-state index in [1.165, 1.54) is 30.3 Å². The van der Waals surface area contributed by atoms with Gasteiger partial charge in [-0.2, -0.15) is 18.2 Å². The van der Waals surface area contributed by atoms with Crippen LogP contribution < -0.4 is 5.32 Å². The fourth-order valence-corrected chi connectivity index (χ4v) is 2.17. The highest BCUT2D eigenvalue weighted by atomic mass is 19.4. The van der Waals surface area contributed by atoms with Gasteiger partial charge in [0.1, 0.15) is 5.75 Å². The Hall–Kier alpha value is -3.36. The van der Waals surface area contributed by atoms with E-state index >= 15 is 0 Å². The van der Waals surface area contributed by atoms with E-state index < -0.39 is 18.0 Å². The van der Waals surface area contributed by atoms with E-state index in [-0.39, 0.29) is 28.4 Å². The van der Waals surface area contributed by atoms with E-state index in [1.807, 2.05) is 6.92 Å². The summed E-state index contributed by atoms with van der Waals surface area (Å²) < 4.78 is 41.6. The van der Waals surface area contributed by atoms with E-state index in [0.29, 0.717) is 0 Å². The number of aryl methyl sites for hydroxylation is 1. The van der Waals surface area contributed by atoms with Crippen LogP contribution in [0.5, 0.6) is 5.75 Å². The largest absolute Gasteiger partial charge is 0.506 e. The number of carbonyl (C=O) groups excluding carboxylic acids is 1. The van der Waals surface area contributed by atoms with E-state index in [0.717, 1.165) is 5.56 Å². The molecule has 1 heterocycles. The van der Waals surface area contributed by atoms with Crippen LogP contribution in [0.2, 0.25) is 0 Å². The number of carbonyl (C=O) groups is 1. The number of nitrogens with zero attached hydrogens (tertiary/aromatic N) is 2. The van der Waals surface area contributed by atoms with Crippen molar-refractivity contribution in [2.45, 2.75) is 13.1 Å². The number of rotatable bonds is 3. The third-order valence-corrected chi connectivity index (χ3v) is 3.47. The van der Waals surface area contributed by atoms with E-state index in [2.05, 4.69) is 20.0 Å². The topological polar surface area (TPSA) is 88.2 Å². The first-order valence-corrected chi connectivity index (χ1v) is 7.36. The molecule has 2 N–H and O–H groups in total. The average Bonchev–Trinajstić information content (AvgIpc) is 3.09. The Kier molecular flexibility index (Phi) is 4.37. The molecule has 2 aromatic carbocycles. The molecular weight excluding hydrogens is 351 g/mol. The summed E-state index contributed by atoms with van der Waals surface area (Å²) in [6.07, 6.45) is -4.72. The van der Waals surface area contributed by atoms with Crippen LogP contribution in [0.25, 0.3) is 11.4 Å². The number of phenols is 1. The maximum Gasteiger partial charge on any atom is 0.471 e. The number of aromatic nitrogens is 2. The van der Waals surface area contributed by atoms with E-state index in [1.54, 1.807) is 12.1 Å². The lowest BCUT2D eigenvalue weighted by atomic mass is 10.1. The van der Waals surface area contributed by atoms with Gasteiger partial charge in [-0.25, -0.2) is 0 Å². The number of hydrogen-bond donors (Lipinski definition) is 2. The molecule has 134 valence electrons. The van der Waals surface area contributed by atoms with Crippen molar-refractivity contribution < 1.29 is 27.6 Å². The van der Waals surface area contributed by atoms with Crippen LogP contribution in [0.4, 0.5) is 18.9 Å². The minimum Gasteiger partial charge on any atom is -0.506 e. The zero-order chi connectivity index (χ0) is 18.9. The van der Waals surface area contributed by atoms with Gasteiger partial charge >= 0.3 is 12.1 Å². The molecule has 0 fully saturated rings. The zero-order valence-corrected chi connectivity index (χ0v) is 13.3. The fraction of sp³-hybridized carbons (Fsp3) is 0.118. The Balaban J connectivity index is 1.78. The molecule has 6 nitrogen and oxygen atoms in total. The van der Waals surface area contributed by atoms with E-state index in [4.69, 9.17) is 0 Å². The Morgan fingerprint density at radius 1 is 1.15 bits per heavy atom. The molecule has 0 unspecified atom stereocenters. The fourth-order valence-electron chi connectivity index (χ4n) is 2.17. The minimum atomic E-state index is -4.72. The molecule has 0 bridgehead atoms. The second-order valence-electron chi connectivity index (χ2n) is 5.47. The molecule has 3 rings (SSSR count). The minimum absolute atomic E-state index is 0.0768. The van der Waals surface area contributed by atoms with Crippen molar-refractivity contribution in [2.75, 3.05) is 5.32 Å². The van der Waals surface area contributed by atoms with Gasteiger partial charge in [-0.05, 0) is 36.8 Å². The third-order valence-electron chi connectivity index (χ3n) is 3.47. The number of alkyl halides is 3. The number of benzene rings is 2. The summed E-state index contributed by atoms with van der Waals surface area (Å²) in [7, 11) is 0. The lowest BCUT2D eigenvalue weighted by Crippen LogP contribution is -2.12. The summed E-state index contributed by atoms with van der Waals surface area (Å²) in [4.78, 5) is 15.5. The van der Waals surface area contributed by atoms with Crippen LogP contribution in [0.3, 0.4) is 0 Å². The summed E-state index contributed by atoms with van der Waals surface area (Å²) in [6, 6.07) is 10.4. The molecule has 0 aliphatic carbocycles. The number of anilines is 1. The molecule has 0 radical (unpaired) electrons. The van der Waals surface area contributed by atoms with Crippen LogP contribution in [-0.4, -0.2) is 21.2 Å². The van der Waals surface area contributed by atoms with Crippen molar-refractivity contribution in [3.63, 3.8) is 0 Å². The quantitative estimate of drug-likeness (QED) is 0.686. The summed E-state index contributed by atoms with van der Waals surface area (Å²) in [5.74, 6) is -2.24. The monoisotopic (exact) mass is 363 g/mol. The molecule has 0 saturated carbocycles. The molecule has 1 amide bonds. The van der Waals surface area contributed by atoms with Gasteiger partial charge in [-0.1, -0.05) is 23.4 Å². The number of halogens is 3. The Morgan fingerprint density at radius 3 is 2.46 bits per heavy atom. The molecule has 9 heteroatoms. The number of aromatic hydroxyl groups is 1. The molecule has 26 heavy (non-hydrogen) atoms. The van der Waals surface area contributed by atoms with Crippen molar-refractivity contribution in [1.29, 1.82) is 0 Å². The molecule has 3 aromatic rings. The Bertz CT molecular complexity index is 950. The maximum atomic E-state index is 12.5. The van der Waals surface area contributed by atoms with Crippen LogP contribution in [0.15, 0.2) is 47.0 Å². The van der Waals surface area contributed by atoms with Gasteiger partial charge in [-0.15, -0.1) is 0 Å². The molecule has 0 saturated heterocycles. The second-order valence-corrected chi connectivity index (χ2v) is 5.47. The Labute approximate surface area is 145 Å². The molecule has 0 aliphatic rings. The van der Waals surface area contributed by atoms with Crippen LogP contribution >= 0.6 is 0 Å². The van der Waals surface area contributed by atoms with Gasteiger partial charge < -0.3 is 14.9 Å². The standard InChI is InChI=1S/C17H12F3N3O3/c1-9-2-7-13(24)12(8-9)21-15(25)11-5-3-10(4-6-11)14-22-16(26-23-14)17(18,19)20/h2-8,24H,1H3,(H,21,25). The van der Waals surface area contributed by atoms with E-state index in [9.17, 15) is 23.1 Å². The van der Waals surface area contributed by atoms with Gasteiger partial charge in [-0.3, -0.25) is 4.79 Å². The number of hydrogen-bond acceptors (Lipinski definition) is 5. The molecule has 0 aliphatic heterocycles. The average molecular weight is 363 g/mol. The predicted molar refractivity (Wildman–Crippen MR) is 85.5 cm³/mol. The first-order chi connectivity index (χ1) is 12.2. The summed E-state index contributed by atoms with van der Waals surface area (Å²) in [5.41, 5.74) is 1.62. The molecule has 0 spiro atoms. The number of nitrogens with one attached hydrogen (secondary N) is 1. The summed E-state index contributed by atoms with van der Waals surface area (Å²) in [5, 5.41) is 15.6. The highest BCUT2D eigenvalue weighted by Crippen LogP contribution is 2.29. The first kappa shape index (κ1) is 17.5. The van der Waals surface area contributed by atoms with Crippen molar-refractivity contribution in [3.8, 4) is 17.1 Å².